The van der Waals surface area contributed by atoms with Gasteiger partial charge in [0.1, 0.15) is 0 Å². The highest BCUT2D eigenvalue weighted by atomic mass is 79.9. The topological polar surface area (TPSA) is 51.4 Å². The predicted octanol–water partition coefficient (Wildman–Crippen LogP) is 1.51. The van der Waals surface area contributed by atoms with E-state index in [0.717, 1.165) is 16.8 Å². The van der Waals surface area contributed by atoms with Crippen LogP contribution in [0.1, 0.15) is 0 Å². The first-order chi connectivity index (χ1) is 6.65. The summed E-state index contributed by atoms with van der Waals surface area (Å²) in [4.78, 5) is 6.19. The summed E-state index contributed by atoms with van der Waals surface area (Å²) in [6.07, 6.45) is 1.73. The molecule has 0 amide bonds. The highest BCUT2D eigenvalue weighted by molar-refractivity contribution is 9.10. The molecule has 1 heterocycles. The molecule has 2 N–H and O–H groups in total. The molecule has 0 radical (unpaired) electrons. The maximum Gasteiger partial charge on any atom is 0.151 e. The third-order valence-electron chi connectivity index (χ3n) is 1.85. The molecular weight excluding hydrogens is 246 g/mol. The second kappa shape index (κ2) is 5.17. The third kappa shape index (κ3) is 2.85. The number of pyridine rings is 1. The van der Waals surface area contributed by atoms with E-state index in [4.69, 9.17) is 10.5 Å². The number of nitrogen functional groups attached to an aromatic ring is 1. The smallest absolute Gasteiger partial charge is 0.151 e. The summed E-state index contributed by atoms with van der Waals surface area (Å²) < 4.78 is 5.87. The zero-order valence-electron chi connectivity index (χ0n) is 8.33. The van der Waals surface area contributed by atoms with Crippen molar-refractivity contribution in [1.29, 1.82) is 0 Å². The lowest BCUT2D eigenvalue weighted by atomic mass is 10.3. The Morgan fingerprint density at radius 3 is 2.93 bits per heavy atom. The van der Waals surface area contributed by atoms with E-state index in [-0.39, 0.29) is 0 Å². The SMILES string of the molecule is COCCN(C)c1ncc(Br)cc1N. The minimum absolute atomic E-state index is 0.660. The molecule has 0 spiro atoms. The molecule has 0 aliphatic carbocycles. The summed E-state index contributed by atoms with van der Waals surface area (Å²) in [6.45, 7) is 1.43. The Balaban J connectivity index is 2.74. The van der Waals surface area contributed by atoms with E-state index in [1.165, 1.54) is 0 Å². The van der Waals surface area contributed by atoms with E-state index in [1.807, 2.05) is 18.0 Å². The van der Waals surface area contributed by atoms with Crippen molar-refractivity contribution in [3.63, 3.8) is 0 Å². The van der Waals surface area contributed by atoms with Crippen LogP contribution in [-0.4, -0.2) is 32.3 Å². The van der Waals surface area contributed by atoms with Crippen LogP contribution in [-0.2, 0) is 4.74 Å². The monoisotopic (exact) mass is 259 g/mol. The maximum atomic E-state index is 5.82. The summed E-state index contributed by atoms with van der Waals surface area (Å²) in [5.74, 6) is 0.783. The van der Waals surface area contributed by atoms with E-state index in [1.54, 1.807) is 13.3 Å². The van der Waals surface area contributed by atoms with E-state index in [2.05, 4.69) is 20.9 Å². The van der Waals surface area contributed by atoms with Crippen molar-refractivity contribution in [1.82, 2.24) is 4.98 Å². The van der Waals surface area contributed by atoms with Crippen LogP contribution in [0, 0.1) is 0 Å². The van der Waals surface area contributed by atoms with Crippen molar-refractivity contribution < 1.29 is 4.74 Å². The van der Waals surface area contributed by atoms with Crippen LogP contribution >= 0.6 is 15.9 Å². The number of hydrogen-bond acceptors (Lipinski definition) is 4. The Bertz CT molecular complexity index is 306. The molecule has 0 aromatic carbocycles. The number of anilines is 2. The number of hydrogen-bond donors (Lipinski definition) is 1. The maximum absolute atomic E-state index is 5.82. The Kier molecular flexibility index (Phi) is 4.16. The van der Waals surface area contributed by atoms with Crippen LogP contribution in [0.4, 0.5) is 11.5 Å². The van der Waals surface area contributed by atoms with E-state index >= 15 is 0 Å². The average Bonchev–Trinajstić information content (AvgIpc) is 2.14. The first kappa shape index (κ1) is 11.3. The molecule has 0 saturated carbocycles. The van der Waals surface area contributed by atoms with Crippen LogP contribution in [0.25, 0.3) is 0 Å². The number of rotatable bonds is 4. The van der Waals surface area contributed by atoms with Gasteiger partial charge in [-0.2, -0.15) is 0 Å². The quantitative estimate of drug-likeness (QED) is 0.891. The molecule has 14 heavy (non-hydrogen) atoms. The number of nitrogens with two attached hydrogens (primary N) is 1. The van der Waals surface area contributed by atoms with Crippen molar-refractivity contribution in [2.45, 2.75) is 0 Å². The normalized spacial score (nSPS) is 10.2. The van der Waals surface area contributed by atoms with Crippen molar-refractivity contribution in [2.75, 3.05) is 37.9 Å². The number of ether oxygens (including phenoxy) is 1. The Hall–Kier alpha value is -0.810. The van der Waals surface area contributed by atoms with Gasteiger partial charge in [-0.05, 0) is 22.0 Å². The van der Waals surface area contributed by atoms with Crippen LogP contribution in [0.2, 0.25) is 0 Å². The molecule has 1 aromatic rings. The summed E-state index contributed by atoms with van der Waals surface area (Å²) in [5.41, 5.74) is 6.48. The van der Waals surface area contributed by atoms with Gasteiger partial charge in [0, 0.05) is 31.4 Å². The number of halogens is 1. The van der Waals surface area contributed by atoms with Gasteiger partial charge in [-0.15, -0.1) is 0 Å². The van der Waals surface area contributed by atoms with Crippen LogP contribution in [0.15, 0.2) is 16.7 Å². The second-order valence-electron chi connectivity index (χ2n) is 2.98. The fraction of sp³-hybridized carbons (Fsp3) is 0.444. The fourth-order valence-corrected chi connectivity index (χ4v) is 1.45. The molecular formula is C9H14BrN3O. The summed E-state index contributed by atoms with van der Waals surface area (Å²) >= 11 is 3.31. The van der Waals surface area contributed by atoms with Crippen molar-refractivity contribution in [3.05, 3.63) is 16.7 Å². The lowest BCUT2D eigenvalue weighted by molar-refractivity contribution is 0.206. The molecule has 1 rings (SSSR count). The molecule has 4 nitrogen and oxygen atoms in total. The highest BCUT2D eigenvalue weighted by Gasteiger charge is 2.06. The van der Waals surface area contributed by atoms with Crippen molar-refractivity contribution >= 4 is 27.4 Å². The lowest BCUT2D eigenvalue weighted by Crippen LogP contribution is -2.24. The Labute approximate surface area is 92.2 Å². The van der Waals surface area contributed by atoms with Crippen LogP contribution in [0.5, 0.6) is 0 Å². The minimum Gasteiger partial charge on any atom is -0.396 e. The predicted molar refractivity (Wildman–Crippen MR) is 61.5 cm³/mol. The Morgan fingerprint density at radius 2 is 2.36 bits per heavy atom. The van der Waals surface area contributed by atoms with Gasteiger partial charge in [-0.1, -0.05) is 0 Å². The standard InChI is InChI=1S/C9H14BrN3O/c1-13(3-4-14-2)9-8(11)5-7(10)6-12-9/h5-6H,3-4,11H2,1-2H3. The molecule has 0 unspecified atom stereocenters. The minimum atomic E-state index is 0.660. The number of aromatic nitrogens is 1. The second-order valence-corrected chi connectivity index (χ2v) is 3.90. The third-order valence-corrected chi connectivity index (χ3v) is 2.29. The van der Waals surface area contributed by atoms with E-state index in [9.17, 15) is 0 Å². The molecule has 1 aromatic heterocycles. The molecule has 0 bridgehead atoms. The Morgan fingerprint density at radius 1 is 1.64 bits per heavy atom. The number of nitrogens with zero attached hydrogens (tertiary/aromatic N) is 2. The van der Waals surface area contributed by atoms with Crippen LogP contribution < -0.4 is 10.6 Å². The molecule has 0 aliphatic heterocycles. The molecule has 0 fully saturated rings. The summed E-state index contributed by atoms with van der Waals surface area (Å²) in [5, 5.41) is 0. The fourth-order valence-electron chi connectivity index (χ4n) is 1.10. The number of methoxy groups -OCH3 is 1. The zero-order valence-corrected chi connectivity index (χ0v) is 9.91. The first-order valence-electron chi connectivity index (χ1n) is 4.26. The molecule has 0 atom stereocenters. The van der Waals surface area contributed by atoms with Crippen molar-refractivity contribution in [2.24, 2.45) is 0 Å². The molecule has 5 heteroatoms. The van der Waals surface area contributed by atoms with Crippen molar-refractivity contribution in [3.8, 4) is 0 Å². The van der Waals surface area contributed by atoms with Gasteiger partial charge in [-0.25, -0.2) is 4.98 Å². The lowest BCUT2D eigenvalue weighted by Gasteiger charge is -2.19. The average molecular weight is 260 g/mol. The van der Waals surface area contributed by atoms with Gasteiger partial charge in [0.05, 0.1) is 12.3 Å². The zero-order chi connectivity index (χ0) is 10.6. The first-order valence-corrected chi connectivity index (χ1v) is 5.05. The van der Waals surface area contributed by atoms with Gasteiger partial charge >= 0.3 is 0 Å². The summed E-state index contributed by atoms with van der Waals surface area (Å²) in [7, 11) is 3.61. The largest absolute Gasteiger partial charge is 0.396 e. The molecule has 0 saturated heterocycles. The van der Waals surface area contributed by atoms with Crippen LogP contribution in [0.3, 0.4) is 0 Å². The van der Waals surface area contributed by atoms with Gasteiger partial charge in [0.25, 0.3) is 0 Å². The van der Waals surface area contributed by atoms with E-state index in [0.29, 0.717) is 12.3 Å². The van der Waals surface area contributed by atoms with Gasteiger partial charge in [-0.3, -0.25) is 0 Å². The molecule has 0 aliphatic rings. The number of likely N-dealkylation sites (N-methyl/N-ethyl adjacent to an activating group) is 1. The van der Waals surface area contributed by atoms with Gasteiger partial charge in [0.2, 0.25) is 0 Å². The van der Waals surface area contributed by atoms with Gasteiger partial charge < -0.3 is 15.4 Å². The highest BCUT2D eigenvalue weighted by Crippen LogP contribution is 2.22. The summed E-state index contributed by atoms with van der Waals surface area (Å²) in [6, 6.07) is 1.84. The van der Waals surface area contributed by atoms with E-state index < -0.39 is 0 Å². The molecule has 78 valence electrons. The van der Waals surface area contributed by atoms with Gasteiger partial charge in [0.15, 0.2) is 5.82 Å².